The fraction of sp³-hybridized carbons (Fsp3) is 0.188. The highest BCUT2D eigenvalue weighted by atomic mass is 32.2. The SMILES string of the molecule is C[C@H](c1ccc(-n2cncn2)cc1)N(C)c1ccc(S(N)(=O)=O)c[nH+]1. The van der Waals surface area contributed by atoms with Crippen molar-refractivity contribution in [2.24, 2.45) is 5.14 Å². The highest BCUT2D eigenvalue weighted by molar-refractivity contribution is 7.89. The van der Waals surface area contributed by atoms with Gasteiger partial charge in [-0.3, -0.25) is 4.90 Å². The minimum atomic E-state index is -3.71. The first kappa shape index (κ1) is 17.1. The largest absolute Gasteiger partial charge is 0.274 e. The van der Waals surface area contributed by atoms with Gasteiger partial charge in [-0.25, -0.2) is 28.2 Å². The molecule has 0 aliphatic carbocycles. The van der Waals surface area contributed by atoms with Gasteiger partial charge in [0.05, 0.1) is 12.7 Å². The predicted molar refractivity (Wildman–Crippen MR) is 92.5 cm³/mol. The van der Waals surface area contributed by atoms with Crippen molar-refractivity contribution in [3.8, 4) is 5.69 Å². The fourth-order valence-electron chi connectivity index (χ4n) is 2.48. The van der Waals surface area contributed by atoms with E-state index in [1.54, 1.807) is 17.1 Å². The van der Waals surface area contributed by atoms with Gasteiger partial charge in [0.1, 0.15) is 29.8 Å². The van der Waals surface area contributed by atoms with Crippen molar-refractivity contribution in [3.05, 3.63) is 60.8 Å². The Morgan fingerprint density at radius 1 is 1.20 bits per heavy atom. The molecule has 0 saturated heterocycles. The summed E-state index contributed by atoms with van der Waals surface area (Å²) in [6.07, 6.45) is 4.53. The third-order valence-corrected chi connectivity index (χ3v) is 5.03. The summed E-state index contributed by atoms with van der Waals surface area (Å²) in [6.45, 7) is 2.06. The van der Waals surface area contributed by atoms with Crippen LogP contribution in [0.1, 0.15) is 18.5 Å². The van der Waals surface area contributed by atoms with Crippen molar-refractivity contribution in [2.45, 2.75) is 17.9 Å². The lowest BCUT2D eigenvalue weighted by Gasteiger charge is -2.20. The summed E-state index contributed by atoms with van der Waals surface area (Å²) in [5.74, 6) is 0.778. The van der Waals surface area contributed by atoms with Crippen molar-refractivity contribution in [1.82, 2.24) is 14.8 Å². The highest BCUT2D eigenvalue weighted by Crippen LogP contribution is 2.23. The van der Waals surface area contributed by atoms with Crippen LogP contribution in [0.3, 0.4) is 0 Å². The summed E-state index contributed by atoms with van der Waals surface area (Å²) in [6, 6.07) is 11.2. The van der Waals surface area contributed by atoms with Gasteiger partial charge in [0, 0.05) is 6.07 Å². The quantitative estimate of drug-likeness (QED) is 0.729. The van der Waals surface area contributed by atoms with Crippen LogP contribution in [0.5, 0.6) is 0 Å². The summed E-state index contributed by atoms with van der Waals surface area (Å²) < 4.78 is 24.4. The molecule has 9 heteroatoms. The maximum absolute atomic E-state index is 11.3. The number of pyridine rings is 1. The first-order chi connectivity index (χ1) is 11.9. The molecule has 130 valence electrons. The van der Waals surface area contributed by atoms with Crippen LogP contribution in [0.25, 0.3) is 5.69 Å². The Hall–Kier alpha value is -2.78. The molecule has 3 rings (SSSR count). The normalized spacial score (nSPS) is 12.8. The molecule has 8 nitrogen and oxygen atoms in total. The minimum absolute atomic E-state index is 0.0505. The van der Waals surface area contributed by atoms with Gasteiger partial charge in [-0.15, -0.1) is 0 Å². The van der Waals surface area contributed by atoms with E-state index in [9.17, 15) is 8.42 Å². The number of benzene rings is 1. The van der Waals surface area contributed by atoms with Crippen molar-refractivity contribution in [3.63, 3.8) is 0 Å². The lowest BCUT2D eigenvalue weighted by atomic mass is 10.1. The summed E-state index contributed by atoms with van der Waals surface area (Å²) in [5.41, 5.74) is 2.04. The van der Waals surface area contributed by atoms with Gasteiger partial charge < -0.3 is 0 Å². The fourth-order valence-corrected chi connectivity index (χ4v) is 2.96. The number of H-pyrrole nitrogens is 1. The zero-order valence-corrected chi connectivity index (χ0v) is 14.7. The standard InChI is InChI=1S/C16H18N6O2S/c1-12(13-3-5-14(6-4-13)22-11-18-10-20-22)21(2)16-8-7-15(9-19-16)25(17,23)24/h3-12H,1-2H3,(H2,17,23,24)/p+1/t12-/m1/s1. The van der Waals surface area contributed by atoms with Gasteiger partial charge in [-0.1, -0.05) is 12.1 Å². The number of nitrogens with zero attached hydrogens (tertiary/aromatic N) is 4. The topological polar surface area (TPSA) is 108 Å². The number of primary sulfonamides is 1. The van der Waals surface area contributed by atoms with E-state index in [1.165, 1.54) is 18.6 Å². The number of sulfonamides is 1. The lowest BCUT2D eigenvalue weighted by molar-refractivity contribution is -0.367. The first-order valence-corrected chi connectivity index (χ1v) is 9.13. The molecule has 0 aliphatic heterocycles. The molecule has 2 heterocycles. The second-order valence-corrected chi connectivity index (χ2v) is 7.23. The van der Waals surface area contributed by atoms with Crippen molar-refractivity contribution in [2.75, 3.05) is 11.9 Å². The van der Waals surface area contributed by atoms with Crippen LogP contribution in [0.2, 0.25) is 0 Å². The Morgan fingerprint density at radius 3 is 2.44 bits per heavy atom. The molecule has 1 atom stereocenters. The molecule has 0 bridgehead atoms. The van der Waals surface area contributed by atoms with Crippen molar-refractivity contribution >= 4 is 15.8 Å². The van der Waals surface area contributed by atoms with E-state index in [-0.39, 0.29) is 10.9 Å². The molecule has 0 radical (unpaired) electrons. The second-order valence-electron chi connectivity index (χ2n) is 5.67. The molecule has 2 aromatic heterocycles. The van der Waals surface area contributed by atoms with Crippen molar-refractivity contribution in [1.29, 1.82) is 0 Å². The average molecular weight is 359 g/mol. The molecule has 3 aromatic rings. The number of hydrogen-bond donors (Lipinski definition) is 1. The summed E-state index contributed by atoms with van der Waals surface area (Å²) in [4.78, 5) is 8.97. The number of aromatic nitrogens is 4. The van der Waals surface area contributed by atoms with E-state index in [4.69, 9.17) is 5.14 Å². The van der Waals surface area contributed by atoms with Crippen LogP contribution < -0.4 is 15.0 Å². The Bertz CT molecular complexity index is 937. The third kappa shape index (κ3) is 3.67. The van der Waals surface area contributed by atoms with Crippen LogP contribution in [0.15, 0.2) is 60.1 Å². The smallest absolute Gasteiger partial charge is 0.258 e. The van der Waals surface area contributed by atoms with E-state index < -0.39 is 10.0 Å². The first-order valence-electron chi connectivity index (χ1n) is 7.58. The molecule has 3 N–H and O–H groups in total. The van der Waals surface area contributed by atoms with Gasteiger partial charge >= 0.3 is 0 Å². The Morgan fingerprint density at radius 2 is 1.92 bits per heavy atom. The minimum Gasteiger partial charge on any atom is -0.258 e. The predicted octanol–water partition coefficient (Wildman–Crippen LogP) is 0.926. The molecule has 25 heavy (non-hydrogen) atoms. The Balaban J connectivity index is 1.79. The molecular weight excluding hydrogens is 340 g/mol. The number of nitrogens with one attached hydrogen (secondary N) is 1. The van der Waals surface area contributed by atoms with E-state index in [2.05, 4.69) is 22.0 Å². The molecule has 1 aromatic carbocycles. The zero-order chi connectivity index (χ0) is 18.0. The molecule has 0 unspecified atom stereocenters. The maximum atomic E-state index is 11.3. The summed E-state index contributed by atoms with van der Waals surface area (Å²) in [7, 11) is -1.78. The van der Waals surface area contributed by atoms with Gasteiger partial charge in [-0.05, 0) is 30.7 Å². The van der Waals surface area contributed by atoms with Crippen LogP contribution in [-0.2, 0) is 10.0 Å². The van der Waals surface area contributed by atoms with Gasteiger partial charge in [0.15, 0.2) is 0 Å². The van der Waals surface area contributed by atoms with Gasteiger partial charge in [0.2, 0.25) is 10.0 Å². The van der Waals surface area contributed by atoms with E-state index >= 15 is 0 Å². The molecule has 0 saturated carbocycles. The summed E-state index contributed by atoms with van der Waals surface area (Å²) >= 11 is 0. The summed E-state index contributed by atoms with van der Waals surface area (Å²) in [5, 5.41) is 9.22. The number of aromatic amines is 1. The molecule has 0 fully saturated rings. The van der Waals surface area contributed by atoms with E-state index in [1.807, 2.05) is 36.2 Å². The maximum Gasteiger partial charge on any atom is 0.274 e. The van der Waals surface area contributed by atoms with E-state index in [0.29, 0.717) is 0 Å². The number of hydrogen-bond acceptors (Lipinski definition) is 5. The van der Waals surface area contributed by atoms with Crippen LogP contribution in [-0.4, -0.2) is 30.2 Å². The monoisotopic (exact) mass is 359 g/mol. The molecule has 0 aliphatic rings. The Kier molecular flexibility index (Phi) is 4.51. The van der Waals surface area contributed by atoms with Crippen LogP contribution >= 0.6 is 0 Å². The number of nitrogens with two attached hydrogens (primary N) is 1. The van der Waals surface area contributed by atoms with E-state index in [0.717, 1.165) is 17.1 Å². The van der Waals surface area contributed by atoms with Gasteiger partial charge in [0.25, 0.3) is 5.82 Å². The molecular formula is C16H19N6O2S+. The highest BCUT2D eigenvalue weighted by Gasteiger charge is 2.21. The van der Waals surface area contributed by atoms with Crippen LogP contribution in [0, 0.1) is 0 Å². The average Bonchev–Trinajstić information content (AvgIpc) is 3.14. The van der Waals surface area contributed by atoms with Crippen LogP contribution in [0.4, 0.5) is 5.82 Å². The Labute approximate surface area is 146 Å². The number of anilines is 1. The lowest BCUT2D eigenvalue weighted by Crippen LogP contribution is -2.28. The second kappa shape index (κ2) is 6.61. The van der Waals surface area contributed by atoms with Gasteiger partial charge in [-0.2, -0.15) is 5.10 Å². The third-order valence-electron chi connectivity index (χ3n) is 4.12. The van der Waals surface area contributed by atoms with Crippen molar-refractivity contribution < 1.29 is 13.4 Å². The molecule has 0 amide bonds. The number of rotatable bonds is 5. The zero-order valence-electron chi connectivity index (χ0n) is 13.9. The molecule has 0 spiro atoms.